The Hall–Kier alpha value is -3.72. The van der Waals surface area contributed by atoms with Crippen LogP contribution in [0.3, 0.4) is 0 Å². The fourth-order valence-corrected chi connectivity index (χ4v) is 4.49. The lowest BCUT2D eigenvalue weighted by Crippen LogP contribution is -2.52. The van der Waals surface area contributed by atoms with Gasteiger partial charge in [-0.05, 0) is 31.0 Å². The van der Waals surface area contributed by atoms with Crippen LogP contribution in [0.15, 0.2) is 60.7 Å². The minimum Gasteiger partial charge on any atom is -0.435 e. The van der Waals surface area contributed by atoms with E-state index >= 15 is 0 Å². The summed E-state index contributed by atoms with van der Waals surface area (Å²) in [6.07, 6.45) is -1.89. The highest BCUT2D eigenvalue weighted by Gasteiger charge is 2.51. The van der Waals surface area contributed by atoms with Crippen LogP contribution in [0, 0.1) is 5.41 Å². The Labute approximate surface area is 223 Å². The first-order chi connectivity index (χ1) is 18.0. The van der Waals surface area contributed by atoms with Gasteiger partial charge in [-0.25, -0.2) is 4.79 Å². The Morgan fingerprint density at radius 3 is 2.26 bits per heavy atom. The maximum absolute atomic E-state index is 13.1. The molecule has 1 fully saturated rings. The van der Waals surface area contributed by atoms with Crippen LogP contribution in [-0.2, 0) is 14.3 Å². The molecule has 1 aliphatic heterocycles. The van der Waals surface area contributed by atoms with Gasteiger partial charge in [0.25, 0.3) is 17.7 Å². The highest BCUT2D eigenvalue weighted by Crippen LogP contribution is 2.34. The summed E-state index contributed by atoms with van der Waals surface area (Å²) in [5.74, 6) is -1.70. The van der Waals surface area contributed by atoms with Gasteiger partial charge in [0.2, 0.25) is 0 Å². The Morgan fingerprint density at radius 2 is 1.66 bits per heavy atom. The summed E-state index contributed by atoms with van der Waals surface area (Å²) in [5.41, 5.74) is 0.404. The lowest BCUT2D eigenvalue weighted by molar-refractivity contribution is -0.135. The summed E-state index contributed by atoms with van der Waals surface area (Å²) in [4.78, 5) is 52.8. The number of likely N-dealkylation sites (tertiary alicyclic amines) is 1. The third-order valence-corrected chi connectivity index (χ3v) is 6.74. The molecule has 0 bridgehead atoms. The second-order valence-electron chi connectivity index (χ2n) is 10.3. The molecule has 2 aromatic carbocycles. The van der Waals surface area contributed by atoms with E-state index in [-0.39, 0.29) is 12.6 Å². The molecule has 9 heteroatoms. The number of amides is 4. The van der Waals surface area contributed by atoms with Crippen molar-refractivity contribution in [2.24, 2.45) is 5.41 Å². The molecule has 0 saturated carbocycles. The van der Waals surface area contributed by atoms with Crippen LogP contribution in [0.5, 0.6) is 0 Å². The SMILES string of the molecule is CCCC[C@H](NC(=O)O[C@H]1C(=O)N(C(=O)c2ccccc2)CC1(C)C)C(O)C(=O)N[C@H](C)c1ccccc1. The largest absolute Gasteiger partial charge is 0.435 e. The summed E-state index contributed by atoms with van der Waals surface area (Å²) in [6, 6.07) is 16.5. The van der Waals surface area contributed by atoms with Crippen LogP contribution in [0.25, 0.3) is 0 Å². The van der Waals surface area contributed by atoms with Gasteiger partial charge in [0.05, 0.1) is 12.1 Å². The number of hydrogen-bond donors (Lipinski definition) is 3. The zero-order valence-electron chi connectivity index (χ0n) is 22.3. The van der Waals surface area contributed by atoms with Crippen LogP contribution >= 0.6 is 0 Å². The molecule has 0 radical (unpaired) electrons. The third kappa shape index (κ3) is 6.98. The van der Waals surface area contributed by atoms with E-state index in [4.69, 9.17) is 4.74 Å². The van der Waals surface area contributed by atoms with Gasteiger partial charge in [-0.2, -0.15) is 0 Å². The van der Waals surface area contributed by atoms with Gasteiger partial charge in [0.1, 0.15) is 0 Å². The topological polar surface area (TPSA) is 125 Å². The number of unbranched alkanes of at least 4 members (excludes halogenated alkanes) is 1. The van der Waals surface area contributed by atoms with Crippen LogP contribution < -0.4 is 10.6 Å². The van der Waals surface area contributed by atoms with E-state index in [1.54, 1.807) is 51.1 Å². The summed E-state index contributed by atoms with van der Waals surface area (Å²) in [6.45, 7) is 7.32. The van der Waals surface area contributed by atoms with E-state index in [0.717, 1.165) is 16.9 Å². The molecule has 1 unspecified atom stereocenters. The predicted octanol–water partition coefficient (Wildman–Crippen LogP) is 3.59. The van der Waals surface area contributed by atoms with Crippen LogP contribution in [0.1, 0.15) is 68.9 Å². The molecule has 4 atom stereocenters. The molecule has 3 rings (SSSR count). The number of nitrogens with one attached hydrogen (secondary N) is 2. The second-order valence-corrected chi connectivity index (χ2v) is 10.3. The molecule has 1 saturated heterocycles. The van der Waals surface area contributed by atoms with Crippen molar-refractivity contribution in [3.05, 3.63) is 71.8 Å². The average Bonchev–Trinajstić information content (AvgIpc) is 3.14. The van der Waals surface area contributed by atoms with Crippen molar-refractivity contribution in [2.45, 2.75) is 71.2 Å². The zero-order valence-corrected chi connectivity index (χ0v) is 22.3. The molecular formula is C29H37N3O6. The van der Waals surface area contributed by atoms with Crippen LogP contribution in [0.2, 0.25) is 0 Å². The molecule has 0 spiro atoms. The third-order valence-electron chi connectivity index (χ3n) is 6.74. The van der Waals surface area contributed by atoms with Gasteiger partial charge >= 0.3 is 6.09 Å². The van der Waals surface area contributed by atoms with Crippen molar-refractivity contribution < 1.29 is 29.0 Å². The lowest BCUT2D eigenvalue weighted by atomic mass is 9.90. The number of aliphatic hydroxyl groups excluding tert-OH is 1. The lowest BCUT2D eigenvalue weighted by Gasteiger charge is -2.27. The van der Waals surface area contributed by atoms with Crippen molar-refractivity contribution in [3.8, 4) is 0 Å². The molecule has 3 N–H and O–H groups in total. The van der Waals surface area contributed by atoms with Crippen molar-refractivity contribution in [1.29, 1.82) is 0 Å². The average molecular weight is 524 g/mol. The second kappa shape index (κ2) is 12.7. The van der Waals surface area contributed by atoms with Crippen LogP contribution in [-0.4, -0.2) is 58.6 Å². The minimum absolute atomic E-state index is 0.0825. The number of aliphatic hydroxyl groups is 1. The molecule has 1 heterocycles. The molecule has 2 aromatic rings. The van der Waals surface area contributed by atoms with Gasteiger partial charge in [-0.1, -0.05) is 82.1 Å². The smallest absolute Gasteiger partial charge is 0.408 e. The van der Waals surface area contributed by atoms with E-state index in [9.17, 15) is 24.3 Å². The number of carbonyl (C=O) groups is 4. The number of rotatable bonds is 10. The fraction of sp³-hybridized carbons (Fsp3) is 0.448. The maximum Gasteiger partial charge on any atom is 0.408 e. The number of nitrogens with zero attached hydrogens (tertiary/aromatic N) is 1. The first-order valence-corrected chi connectivity index (χ1v) is 13.0. The van der Waals surface area contributed by atoms with Crippen LogP contribution in [0.4, 0.5) is 4.79 Å². The van der Waals surface area contributed by atoms with Gasteiger partial charge in [-0.3, -0.25) is 19.3 Å². The zero-order chi connectivity index (χ0) is 27.9. The molecular weight excluding hydrogens is 486 g/mol. The Kier molecular flexibility index (Phi) is 9.63. The Balaban J connectivity index is 1.66. The maximum atomic E-state index is 13.1. The number of carbonyl (C=O) groups excluding carboxylic acids is 4. The highest BCUT2D eigenvalue weighted by molar-refractivity contribution is 6.07. The number of ether oxygens (including phenoxy) is 1. The van der Waals surface area contributed by atoms with Gasteiger partial charge < -0.3 is 20.5 Å². The Morgan fingerprint density at radius 1 is 1.05 bits per heavy atom. The van der Waals surface area contributed by atoms with Crippen molar-refractivity contribution in [3.63, 3.8) is 0 Å². The molecule has 0 aromatic heterocycles. The number of hydrogen-bond acceptors (Lipinski definition) is 6. The van der Waals surface area contributed by atoms with Crippen molar-refractivity contribution >= 4 is 23.8 Å². The first-order valence-electron chi connectivity index (χ1n) is 13.0. The minimum atomic E-state index is -1.52. The predicted molar refractivity (Wildman–Crippen MR) is 142 cm³/mol. The van der Waals surface area contributed by atoms with Crippen molar-refractivity contribution in [2.75, 3.05) is 6.54 Å². The normalized spacial score (nSPS) is 18.8. The van der Waals surface area contributed by atoms with Crippen molar-refractivity contribution in [1.82, 2.24) is 15.5 Å². The molecule has 1 aliphatic rings. The quantitative estimate of drug-likeness (QED) is 0.409. The van der Waals surface area contributed by atoms with Gasteiger partial charge in [0.15, 0.2) is 12.2 Å². The number of imide groups is 1. The van der Waals surface area contributed by atoms with E-state index in [2.05, 4.69) is 10.6 Å². The summed E-state index contributed by atoms with van der Waals surface area (Å²) in [7, 11) is 0. The molecule has 204 valence electrons. The number of benzene rings is 2. The molecule has 0 aliphatic carbocycles. The first kappa shape index (κ1) is 28.8. The summed E-state index contributed by atoms with van der Waals surface area (Å²) in [5, 5.41) is 16.2. The fourth-order valence-electron chi connectivity index (χ4n) is 4.49. The highest BCUT2D eigenvalue weighted by atomic mass is 16.6. The van der Waals surface area contributed by atoms with E-state index in [1.165, 1.54) is 0 Å². The molecule has 4 amide bonds. The molecule has 9 nitrogen and oxygen atoms in total. The number of alkyl carbamates (subject to hydrolysis) is 1. The standard InChI is InChI=1S/C29H37N3O6/c1-5-6-17-22(23(33)25(34)30-19(2)20-13-9-7-10-14-20)31-28(37)38-24-27(36)32(18-29(24,3)4)26(35)21-15-11-8-12-16-21/h7-16,19,22-24,33H,5-6,17-18H2,1-4H3,(H,30,34)(H,31,37)/t19-,22+,23?,24+/m1/s1. The van der Waals surface area contributed by atoms with E-state index in [0.29, 0.717) is 18.4 Å². The summed E-state index contributed by atoms with van der Waals surface area (Å²) >= 11 is 0. The Bertz CT molecular complexity index is 1120. The molecule has 38 heavy (non-hydrogen) atoms. The monoisotopic (exact) mass is 523 g/mol. The summed E-state index contributed by atoms with van der Waals surface area (Å²) < 4.78 is 5.51. The van der Waals surface area contributed by atoms with E-state index < -0.39 is 47.5 Å². The van der Waals surface area contributed by atoms with Gasteiger partial charge in [0, 0.05) is 17.5 Å². The van der Waals surface area contributed by atoms with E-state index in [1.807, 2.05) is 37.3 Å². The van der Waals surface area contributed by atoms with Gasteiger partial charge in [-0.15, -0.1) is 0 Å².